The van der Waals surface area contributed by atoms with Gasteiger partial charge in [0.05, 0.1) is 7.11 Å². The predicted molar refractivity (Wildman–Crippen MR) is 52.7 cm³/mol. The molecule has 4 heteroatoms. The van der Waals surface area contributed by atoms with Crippen LogP contribution in [0.3, 0.4) is 0 Å². The zero-order chi connectivity index (χ0) is 10.2. The molecule has 0 radical (unpaired) electrons. The molecule has 0 saturated carbocycles. The molecule has 1 fully saturated rings. The highest BCUT2D eigenvalue weighted by molar-refractivity contribution is 5.81. The third-order valence-corrected chi connectivity index (χ3v) is 2.26. The minimum atomic E-state index is -0.332. The minimum Gasteiger partial charge on any atom is -0.466 e. The molecule has 0 spiro atoms. The molecule has 4 nitrogen and oxygen atoms in total. The Bertz CT molecular complexity index is 198. The second-order valence-electron chi connectivity index (χ2n) is 3.33. The fourth-order valence-corrected chi connectivity index (χ4v) is 1.38. The summed E-state index contributed by atoms with van der Waals surface area (Å²) in [5, 5.41) is 3.04. The van der Waals surface area contributed by atoms with Crippen molar-refractivity contribution in [3.63, 3.8) is 0 Å². The Balaban J connectivity index is 1.98. The van der Waals surface area contributed by atoms with Crippen molar-refractivity contribution in [1.82, 2.24) is 5.32 Å². The number of hydrogen-bond acceptors (Lipinski definition) is 4. The smallest absolute Gasteiger partial charge is 0.331 e. The van der Waals surface area contributed by atoms with Crippen LogP contribution in [0.5, 0.6) is 0 Å². The molecule has 0 aliphatic carbocycles. The summed E-state index contributed by atoms with van der Waals surface area (Å²) in [5.41, 5.74) is 0. The molecule has 1 aliphatic heterocycles. The van der Waals surface area contributed by atoms with Crippen molar-refractivity contribution in [2.24, 2.45) is 5.92 Å². The van der Waals surface area contributed by atoms with Crippen molar-refractivity contribution < 1.29 is 14.3 Å². The first-order valence-electron chi connectivity index (χ1n) is 4.88. The molecule has 1 rings (SSSR count). The molecule has 1 atom stereocenters. The molecule has 1 unspecified atom stereocenters. The highest BCUT2D eigenvalue weighted by Crippen LogP contribution is 2.14. The average Bonchev–Trinajstić information content (AvgIpc) is 2.69. The summed E-state index contributed by atoms with van der Waals surface area (Å²) in [5.74, 6) is 0.343. The van der Waals surface area contributed by atoms with Crippen molar-refractivity contribution in [3.8, 4) is 0 Å². The fourth-order valence-electron chi connectivity index (χ4n) is 1.38. The number of hydrogen-bond donors (Lipinski definition) is 1. The van der Waals surface area contributed by atoms with Crippen LogP contribution in [0.1, 0.15) is 12.8 Å². The lowest BCUT2D eigenvalue weighted by atomic mass is 10.1. The van der Waals surface area contributed by atoms with Crippen LogP contribution < -0.4 is 5.32 Å². The number of esters is 1. The van der Waals surface area contributed by atoms with E-state index in [2.05, 4.69) is 10.1 Å². The van der Waals surface area contributed by atoms with Gasteiger partial charge in [0.2, 0.25) is 0 Å². The van der Waals surface area contributed by atoms with Gasteiger partial charge in [0.15, 0.2) is 0 Å². The number of rotatable bonds is 5. The molecule has 0 aromatic rings. The van der Waals surface area contributed by atoms with Gasteiger partial charge in [-0.25, -0.2) is 4.79 Å². The Hall–Kier alpha value is -1.03. The first-order valence-corrected chi connectivity index (χ1v) is 4.88. The standard InChI is InChI=1S/C10H17NO3/c1-13-10(12)3-6-11-5-2-9-4-7-14-8-9/h3,6,9,11H,2,4-5,7-8H2,1H3/b6-3+. The van der Waals surface area contributed by atoms with Gasteiger partial charge in [-0.15, -0.1) is 0 Å². The Labute approximate surface area is 84.3 Å². The second kappa shape index (κ2) is 6.43. The van der Waals surface area contributed by atoms with Crippen molar-refractivity contribution in [2.45, 2.75) is 12.8 Å². The van der Waals surface area contributed by atoms with Crippen LogP contribution in [-0.2, 0) is 14.3 Å². The van der Waals surface area contributed by atoms with Crippen LogP contribution in [0.4, 0.5) is 0 Å². The summed E-state index contributed by atoms with van der Waals surface area (Å²) in [6.45, 7) is 2.65. The van der Waals surface area contributed by atoms with Gasteiger partial charge in [-0.05, 0) is 18.8 Å². The van der Waals surface area contributed by atoms with E-state index in [0.717, 1.165) is 32.6 Å². The fraction of sp³-hybridized carbons (Fsp3) is 0.700. The largest absolute Gasteiger partial charge is 0.466 e. The van der Waals surface area contributed by atoms with Gasteiger partial charge < -0.3 is 14.8 Å². The monoisotopic (exact) mass is 199 g/mol. The topological polar surface area (TPSA) is 47.6 Å². The summed E-state index contributed by atoms with van der Waals surface area (Å²) < 4.78 is 9.69. The van der Waals surface area contributed by atoms with Crippen molar-refractivity contribution in [3.05, 3.63) is 12.3 Å². The molecular formula is C10H17NO3. The van der Waals surface area contributed by atoms with Crippen molar-refractivity contribution >= 4 is 5.97 Å². The zero-order valence-electron chi connectivity index (χ0n) is 8.49. The van der Waals surface area contributed by atoms with Crippen LogP contribution in [0.15, 0.2) is 12.3 Å². The summed E-state index contributed by atoms with van der Waals surface area (Å²) in [7, 11) is 1.36. The summed E-state index contributed by atoms with van der Waals surface area (Å²) in [4.78, 5) is 10.7. The number of nitrogens with one attached hydrogen (secondary N) is 1. The van der Waals surface area contributed by atoms with Crippen molar-refractivity contribution in [2.75, 3.05) is 26.9 Å². The summed E-state index contributed by atoms with van der Waals surface area (Å²) in [6.07, 6.45) is 5.25. The van der Waals surface area contributed by atoms with Crippen LogP contribution in [0.2, 0.25) is 0 Å². The molecule has 1 N–H and O–H groups in total. The number of ether oxygens (including phenoxy) is 2. The highest BCUT2D eigenvalue weighted by atomic mass is 16.5. The first kappa shape index (κ1) is 11.0. The maximum atomic E-state index is 10.7. The third-order valence-electron chi connectivity index (χ3n) is 2.26. The SMILES string of the molecule is COC(=O)/C=C/NCCC1CCOC1. The van der Waals surface area contributed by atoms with Gasteiger partial charge in [-0.3, -0.25) is 0 Å². The maximum Gasteiger partial charge on any atom is 0.331 e. The van der Waals surface area contributed by atoms with E-state index < -0.39 is 0 Å². The van der Waals surface area contributed by atoms with E-state index in [4.69, 9.17) is 4.74 Å². The molecule has 0 aromatic heterocycles. The molecular weight excluding hydrogens is 182 g/mol. The van der Waals surface area contributed by atoms with Gasteiger partial charge in [0.25, 0.3) is 0 Å². The van der Waals surface area contributed by atoms with E-state index in [1.165, 1.54) is 13.2 Å². The second-order valence-corrected chi connectivity index (χ2v) is 3.33. The van der Waals surface area contributed by atoms with Crippen LogP contribution in [-0.4, -0.2) is 32.8 Å². The van der Waals surface area contributed by atoms with E-state index in [-0.39, 0.29) is 5.97 Å². The van der Waals surface area contributed by atoms with Gasteiger partial charge in [-0.2, -0.15) is 0 Å². The lowest BCUT2D eigenvalue weighted by Gasteiger charge is -2.06. The number of carbonyl (C=O) groups excluding carboxylic acids is 1. The number of carbonyl (C=O) groups is 1. The zero-order valence-corrected chi connectivity index (χ0v) is 8.49. The molecule has 0 aromatic carbocycles. The average molecular weight is 199 g/mol. The predicted octanol–water partition coefficient (Wildman–Crippen LogP) is 0.689. The maximum absolute atomic E-state index is 10.7. The van der Waals surface area contributed by atoms with Crippen LogP contribution in [0.25, 0.3) is 0 Å². The van der Waals surface area contributed by atoms with E-state index in [9.17, 15) is 4.79 Å². The first-order chi connectivity index (χ1) is 6.83. The van der Waals surface area contributed by atoms with Crippen LogP contribution in [0, 0.1) is 5.92 Å². The van der Waals surface area contributed by atoms with Crippen LogP contribution >= 0.6 is 0 Å². The molecule has 0 bridgehead atoms. The van der Waals surface area contributed by atoms with Gasteiger partial charge in [0.1, 0.15) is 0 Å². The minimum absolute atomic E-state index is 0.332. The Morgan fingerprint density at radius 1 is 1.71 bits per heavy atom. The molecule has 80 valence electrons. The van der Waals surface area contributed by atoms with Gasteiger partial charge >= 0.3 is 5.97 Å². The Morgan fingerprint density at radius 2 is 2.57 bits per heavy atom. The quantitative estimate of drug-likeness (QED) is 0.402. The number of methoxy groups -OCH3 is 1. The normalized spacial score (nSPS) is 21.4. The molecule has 1 aliphatic rings. The Kier molecular flexibility index (Phi) is 5.07. The van der Waals surface area contributed by atoms with E-state index in [0.29, 0.717) is 5.92 Å². The molecule has 0 amide bonds. The summed E-state index contributed by atoms with van der Waals surface area (Å²) >= 11 is 0. The van der Waals surface area contributed by atoms with E-state index >= 15 is 0 Å². The molecule has 1 heterocycles. The molecule has 14 heavy (non-hydrogen) atoms. The summed E-state index contributed by atoms with van der Waals surface area (Å²) in [6, 6.07) is 0. The molecule has 1 saturated heterocycles. The highest BCUT2D eigenvalue weighted by Gasteiger charge is 2.14. The van der Waals surface area contributed by atoms with Gasteiger partial charge in [-0.1, -0.05) is 0 Å². The lowest BCUT2D eigenvalue weighted by molar-refractivity contribution is -0.134. The van der Waals surface area contributed by atoms with E-state index in [1.807, 2.05) is 0 Å². The third kappa shape index (κ3) is 4.28. The Morgan fingerprint density at radius 3 is 3.21 bits per heavy atom. The van der Waals surface area contributed by atoms with Gasteiger partial charge in [0, 0.05) is 32.0 Å². The lowest BCUT2D eigenvalue weighted by Crippen LogP contribution is -2.13. The van der Waals surface area contributed by atoms with Crippen molar-refractivity contribution in [1.29, 1.82) is 0 Å². The van der Waals surface area contributed by atoms with E-state index in [1.54, 1.807) is 6.20 Å².